The number of methoxy groups -OCH3 is 1. The van der Waals surface area contributed by atoms with E-state index in [1.165, 1.54) is 0 Å². The quantitative estimate of drug-likeness (QED) is 0.652. The van der Waals surface area contributed by atoms with Crippen LogP contribution in [0.2, 0.25) is 0 Å². The molecule has 6 nitrogen and oxygen atoms in total. The van der Waals surface area contributed by atoms with Crippen molar-refractivity contribution in [3.05, 3.63) is 47.0 Å². The minimum absolute atomic E-state index is 0.108. The first-order chi connectivity index (χ1) is 10.4. The molecule has 0 unspecified atom stereocenters. The minimum Gasteiger partial charge on any atom is -0.497 e. The van der Waals surface area contributed by atoms with Gasteiger partial charge in [0.05, 0.1) is 26.5 Å². The molecule has 2 N–H and O–H groups in total. The van der Waals surface area contributed by atoms with Crippen LogP contribution in [0.25, 0.3) is 0 Å². The number of rotatable bonds is 5. The lowest BCUT2D eigenvalue weighted by Gasteiger charge is -2.12. The third-order valence-electron chi connectivity index (χ3n) is 4.11. The van der Waals surface area contributed by atoms with Crippen molar-refractivity contribution in [3.8, 4) is 5.75 Å². The lowest BCUT2D eigenvalue weighted by Crippen LogP contribution is -2.37. The maximum Gasteiger partial charge on any atom is 0.304 e. The van der Waals surface area contributed by atoms with E-state index in [0.717, 1.165) is 16.0 Å². The van der Waals surface area contributed by atoms with Crippen LogP contribution in [-0.2, 0) is 11.8 Å². The molecule has 0 spiro atoms. The van der Waals surface area contributed by atoms with Crippen molar-refractivity contribution >= 4 is 5.97 Å². The van der Waals surface area contributed by atoms with Crippen LogP contribution >= 0.6 is 0 Å². The number of imidazole rings is 1. The summed E-state index contributed by atoms with van der Waals surface area (Å²) in [5.74, 6) is -0.125. The zero-order valence-electron chi connectivity index (χ0n) is 13.2. The average molecular weight is 305 g/mol. The van der Waals surface area contributed by atoms with Gasteiger partial charge >= 0.3 is 11.8 Å². The van der Waals surface area contributed by atoms with E-state index in [9.17, 15) is 15.1 Å². The Hall–Kier alpha value is -2.50. The second-order valence-corrected chi connectivity index (χ2v) is 5.32. The highest BCUT2D eigenvalue weighted by Gasteiger charge is 2.33. The van der Waals surface area contributed by atoms with E-state index < -0.39 is 11.9 Å². The topological polar surface area (TPSA) is 75.6 Å². The van der Waals surface area contributed by atoms with Crippen LogP contribution in [0.3, 0.4) is 0 Å². The Morgan fingerprint density at radius 2 is 1.91 bits per heavy atom. The third-order valence-corrected chi connectivity index (χ3v) is 4.11. The fourth-order valence-corrected chi connectivity index (χ4v) is 2.63. The van der Waals surface area contributed by atoms with Crippen molar-refractivity contribution in [2.24, 2.45) is 7.05 Å². The first kappa shape index (κ1) is 15.9. The van der Waals surface area contributed by atoms with E-state index in [1.807, 2.05) is 30.7 Å². The van der Waals surface area contributed by atoms with Gasteiger partial charge < -0.3 is 15.1 Å². The number of carboxylic acids is 1. The van der Waals surface area contributed by atoms with Gasteiger partial charge in [0.2, 0.25) is 0 Å². The molecule has 0 bridgehead atoms. The highest BCUT2D eigenvalue weighted by Crippen LogP contribution is 2.28. The van der Waals surface area contributed by atoms with Gasteiger partial charge in [-0.25, -0.2) is 4.57 Å². The number of carbonyl (C=O) groups is 1. The highest BCUT2D eigenvalue weighted by molar-refractivity contribution is 5.68. The first-order valence-electron chi connectivity index (χ1n) is 6.99. The van der Waals surface area contributed by atoms with Crippen LogP contribution in [0.4, 0.5) is 0 Å². The summed E-state index contributed by atoms with van der Waals surface area (Å²) in [7, 11) is 3.40. The molecule has 2 rings (SSSR count). The van der Waals surface area contributed by atoms with Gasteiger partial charge in [-0.05, 0) is 22.4 Å². The molecule has 0 aliphatic rings. The standard InChI is InChI=1S/C16H20N2O4/c1-10-11(2)18(21)16(17(10)3)14(9-15(19)20)12-5-7-13(22-4)8-6-12/h5-8,14H,9H2,1-4H3,(H-,19,20,21)/p+1/t14-/m0/s1. The number of hydrogen-bond acceptors (Lipinski definition) is 3. The van der Waals surface area contributed by atoms with Crippen molar-refractivity contribution in [2.45, 2.75) is 26.2 Å². The smallest absolute Gasteiger partial charge is 0.304 e. The average Bonchev–Trinajstić information content (AvgIpc) is 2.69. The summed E-state index contributed by atoms with van der Waals surface area (Å²) in [6.07, 6.45) is -0.108. The molecule has 1 aromatic carbocycles. The summed E-state index contributed by atoms with van der Waals surface area (Å²) in [6, 6.07) is 7.22. The fourth-order valence-electron chi connectivity index (χ4n) is 2.63. The molecule has 0 saturated carbocycles. The molecule has 22 heavy (non-hydrogen) atoms. The lowest BCUT2D eigenvalue weighted by atomic mass is 9.94. The zero-order chi connectivity index (χ0) is 16.4. The van der Waals surface area contributed by atoms with Gasteiger partial charge in [0.1, 0.15) is 11.4 Å². The van der Waals surface area contributed by atoms with E-state index in [-0.39, 0.29) is 6.42 Å². The number of benzene rings is 1. The Balaban J connectivity index is 2.55. The molecule has 1 heterocycles. The monoisotopic (exact) mass is 305 g/mol. The van der Waals surface area contributed by atoms with Gasteiger partial charge in [-0.2, -0.15) is 0 Å². The normalized spacial score (nSPS) is 12.2. The molecule has 0 amide bonds. The fraction of sp³-hybridized carbons (Fsp3) is 0.375. The van der Waals surface area contributed by atoms with E-state index in [1.54, 1.807) is 26.2 Å². The second kappa shape index (κ2) is 6.09. The van der Waals surface area contributed by atoms with Crippen molar-refractivity contribution in [1.82, 2.24) is 4.73 Å². The summed E-state index contributed by atoms with van der Waals surface area (Å²) in [5.41, 5.74) is 2.40. The number of ether oxygens (including phenoxy) is 1. The van der Waals surface area contributed by atoms with Crippen LogP contribution in [0.15, 0.2) is 24.3 Å². The van der Waals surface area contributed by atoms with Gasteiger partial charge in [0.25, 0.3) is 0 Å². The number of aliphatic carboxylic acids is 1. The van der Waals surface area contributed by atoms with Crippen molar-refractivity contribution in [3.63, 3.8) is 0 Å². The molecule has 0 aliphatic carbocycles. The van der Waals surface area contributed by atoms with E-state index in [4.69, 9.17) is 4.74 Å². The van der Waals surface area contributed by atoms with E-state index in [0.29, 0.717) is 17.3 Å². The lowest BCUT2D eigenvalue weighted by molar-refractivity contribution is -0.686. The highest BCUT2D eigenvalue weighted by atomic mass is 16.5. The predicted molar refractivity (Wildman–Crippen MR) is 79.4 cm³/mol. The van der Waals surface area contributed by atoms with Gasteiger partial charge in [-0.1, -0.05) is 12.1 Å². The molecule has 0 saturated heterocycles. The summed E-state index contributed by atoms with van der Waals surface area (Å²) in [6.45, 7) is 3.68. The molecule has 2 aromatic rings. The van der Waals surface area contributed by atoms with Crippen LogP contribution in [0, 0.1) is 13.8 Å². The summed E-state index contributed by atoms with van der Waals surface area (Å²) in [5, 5.41) is 19.6. The SMILES string of the molecule is COc1ccc([C@H](CC(=O)O)c2n(O)c(C)c(C)[n+]2C)cc1. The van der Waals surface area contributed by atoms with Crippen LogP contribution in [-0.4, -0.2) is 28.1 Å². The number of aromatic nitrogens is 2. The number of hydrogen-bond donors (Lipinski definition) is 2. The first-order valence-corrected chi connectivity index (χ1v) is 6.99. The molecule has 6 heteroatoms. The number of nitrogens with zero attached hydrogens (tertiary/aromatic N) is 2. The molecule has 0 aliphatic heterocycles. The van der Waals surface area contributed by atoms with Crippen molar-refractivity contribution < 1.29 is 24.4 Å². The summed E-state index contributed by atoms with van der Waals surface area (Å²) < 4.78 is 8.03. The van der Waals surface area contributed by atoms with Gasteiger partial charge in [-0.15, -0.1) is 0 Å². The van der Waals surface area contributed by atoms with E-state index in [2.05, 4.69) is 0 Å². The van der Waals surface area contributed by atoms with Crippen LogP contribution in [0.5, 0.6) is 5.75 Å². The predicted octanol–water partition coefficient (Wildman–Crippen LogP) is 1.78. The Morgan fingerprint density at radius 3 is 2.32 bits per heavy atom. The number of carboxylic acid groups (broad SMARTS) is 1. The molecule has 118 valence electrons. The Kier molecular flexibility index (Phi) is 4.40. The van der Waals surface area contributed by atoms with Crippen LogP contribution in [0.1, 0.15) is 35.1 Å². The molecular weight excluding hydrogens is 284 g/mol. The Bertz CT molecular complexity index is 664. The molecule has 0 radical (unpaired) electrons. The molecular formula is C16H21N2O4+. The maximum absolute atomic E-state index is 11.3. The van der Waals surface area contributed by atoms with Gasteiger partial charge in [-0.3, -0.25) is 4.79 Å². The Labute approximate surface area is 129 Å². The molecule has 0 fully saturated rings. The van der Waals surface area contributed by atoms with E-state index >= 15 is 0 Å². The summed E-state index contributed by atoms with van der Waals surface area (Å²) in [4.78, 5) is 11.3. The second-order valence-electron chi connectivity index (χ2n) is 5.32. The van der Waals surface area contributed by atoms with Crippen molar-refractivity contribution in [2.75, 3.05) is 7.11 Å². The van der Waals surface area contributed by atoms with Gasteiger partial charge in [0, 0.05) is 13.8 Å². The summed E-state index contributed by atoms with van der Waals surface area (Å²) >= 11 is 0. The zero-order valence-corrected chi connectivity index (χ0v) is 13.2. The molecule has 1 atom stereocenters. The van der Waals surface area contributed by atoms with Crippen molar-refractivity contribution in [1.29, 1.82) is 0 Å². The van der Waals surface area contributed by atoms with Crippen LogP contribution < -0.4 is 9.30 Å². The molecule has 1 aromatic heterocycles. The Morgan fingerprint density at radius 1 is 1.32 bits per heavy atom. The maximum atomic E-state index is 11.3. The minimum atomic E-state index is -0.919. The van der Waals surface area contributed by atoms with Gasteiger partial charge in [0.15, 0.2) is 5.69 Å². The third kappa shape index (κ3) is 2.77. The largest absolute Gasteiger partial charge is 0.497 e.